The summed E-state index contributed by atoms with van der Waals surface area (Å²) in [6.07, 6.45) is 0. The molecule has 0 aromatic heterocycles. The van der Waals surface area contributed by atoms with Crippen LogP contribution < -0.4 is 0 Å². The van der Waals surface area contributed by atoms with Crippen LogP contribution in [0.3, 0.4) is 0 Å². The molecule has 0 heterocycles. The Hall–Kier alpha value is -0.410. The van der Waals surface area contributed by atoms with Gasteiger partial charge < -0.3 is 10.2 Å². The normalized spacial score (nSPS) is 10.1. The number of rotatable bonds is 0. The van der Waals surface area contributed by atoms with Crippen molar-refractivity contribution < 1.29 is 10.2 Å². The van der Waals surface area contributed by atoms with E-state index in [1.165, 1.54) is 6.07 Å². The first-order valence-electron chi connectivity index (χ1n) is 2.90. The average Bonchev–Trinajstić information content (AvgIpc) is 1.97. The van der Waals surface area contributed by atoms with Crippen LogP contribution in [0, 0.1) is 6.92 Å². The Morgan fingerprint density at radius 1 is 1.36 bits per heavy atom. The van der Waals surface area contributed by atoms with Crippen molar-refractivity contribution in [2.45, 2.75) is 6.92 Å². The van der Waals surface area contributed by atoms with Gasteiger partial charge in [-0.25, -0.2) is 0 Å². The van der Waals surface area contributed by atoms with E-state index >= 15 is 0 Å². The van der Waals surface area contributed by atoms with Crippen molar-refractivity contribution in [3.63, 3.8) is 0 Å². The van der Waals surface area contributed by atoms with Crippen molar-refractivity contribution in [1.82, 2.24) is 0 Å². The third kappa shape index (κ3) is 1.44. The maximum absolute atomic E-state index is 9.25. The van der Waals surface area contributed by atoms with Crippen molar-refractivity contribution in [1.29, 1.82) is 0 Å². The fourth-order valence-corrected chi connectivity index (χ4v) is 1.62. The van der Waals surface area contributed by atoms with Crippen molar-refractivity contribution in [2.75, 3.05) is 0 Å². The van der Waals surface area contributed by atoms with Crippen LogP contribution in [0.1, 0.15) is 5.56 Å². The SMILES string of the molecule is Cc1cc(Cl)c(O)c(Br)c1O. The van der Waals surface area contributed by atoms with Crippen LogP contribution in [0.15, 0.2) is 10.5 Å². The van der Waals surface area contributed by atoms with Gasteiger partial charge in [-0.05, 0) is 34.5 Å². The van der Waals surface area contributed by atoms with E-state index in [0.29, 0.717) is 5.56 Å². The molecule has 2 nitrogen and oxygen atoms in total. The fraction of sp³-hybridized carbons (Fsp3) is 0.143. The average molecular weight is 237 g/mol. The van der Waals surface area contributed by atoms with E-state index in [4.69, 9.17) is 11.6 Å². The van der Waals surface area contributed by atoms with Crippen LogP contribution in [0.2, 0.25) is 5.02 Å². The Bertz CT molecular complexity index is 273. The Labute approximate surface area is 77.6 Å². The van der Waals surface area contributed by atoms with E-state index in [1.807, 2.05) is 0 Å². The molecule has 0 aliphatic carbocycles. The van der Waals surface area contributed by atoms with Crippen molar-refractivity contribution in [2.24, 2.45) is 0 Å². The molecule has 4 heteroatoms. The van der Waals surface area contributed by atoms with Gasteiger partial charge in [-0.3, -0.25) is 0 Å². The van der Waals surface area contributed by atoms with Crippen molar-refractivity contribution in [3.05, 3.63) is 21.1 Å². The zero-order chi connectivity index (χ0) is 8.59. The molecule has 1 aromatic rings. The molecule has 0 saturated carbocycles. The van der Waals surface area contributed by atoms with E-state index in [0.717, 1.165) is 0 Å². The van der Waals surface area contributed by atoms with E-state index in [9.17, 15) is 10.2 Å². The zero-order valence-corrected chi connectivity index (χ0v) is 8.07. The lowest BCUT2D eigenvalue weighted by Gasteiger charge is -2.04. The summed E-state index contributed by atoms with van der Waals surface area (Å²) in [4.78, 5) is 0. The third-order valence-corrected chi connectivity index (χ3v) is 2.40. The minimum absolute atomic E-state index is 0.0203. The Balaban J connectivity index is 3.46. The Morgan fingerprint density at radius 3 is 2.45 bits per heavy atom. The van der Waals surface area contributed by atoms with Crippen molar-refractivity contribution in [3.8, 4) is 11.5 Å². The fourth-order valence-electron chi connectivity index (χ4n) is 0.717. The van der Waals surface area contributed by atoms with Gasteiger partial charge in [-0.1, -0.05) is 11.6 Å². The van der Waals surface area contributed by atoms with Gasteiger partial charge in [0.1, 0.15) is 10.2 Å². The molecule has 0 unspecified atom stereocenters. The van der Waals surface area contributed by atoms with Crippen molar-refractivity contribution >= 4 is 27.5 Å². The summed E-state index contributed by atoms with van der Waals surface area (Å²) in [5, 5.41) is 18.6. The first-order chi connectivity index (χ1) is 5.04. The van der Waals surface area contributed by atoms with Gasteiger partial charge >= 0.3 is 0 Å². The quantitative estimate of drug-likeness (QED) is 0.728. The minimum atomic E-state index is -0.130. The van der Waals surface area contributed by atoms with Crippen LogP contribution in [0.4, 0.5) is 0 Å². The Morgan fingerprint density at radius 2 is 1.91 bits per heavy atom. The van der Waals surface area contributed by atoms with E-state index < -0.39 is 0 Å². The monoisotopic (exact) mass is 236 g/mol. The van der Waals surface area contributed by atoms with Crippen LogP contribution in [0.25, 0.3) is 0 Å². The third-order valence-electron chi connectivity index (χ3n) is 1.36. The molecule has 0 aliphatic rings. The molecule has 0 atom stereocenters. The van der Waals surface area contributed by atoms with E-state index in [2.05, 4.69) is 15.9 Å². The topological polar surface area (TPSA) is 40.5 Å². The first kappa shape index (κ1) is 8.68. The molecular weight excluding hydrogens is 231 g/mol. The highest BCUT2D eigenvalue weighted by atomic mass is 79.9. The maximum atomic E-state index is 9.25. The number of aromatic hydroxyl groups is 2. The standard InChI is InChI=1S/C7H6BrClO2/c1-3-2-4(9)7(11)5(8)6(3)10/h2,10-11H,1H3. The van der Waals surface area contributed by atoms with Gasteiger partial charge in [0.2, 0.25) is 0 Å². The van der Waals surface area contributed by atoms with Crippen LogP contribution in [-0.4, -0.2) is 10.2 Å². The zero-order valence-electron chi connectivity index (χ0n) is 5.73. The van der Waals surface area contributed by atoms with Gasteiger partial charge in [0, 0.05) is 0 Å². The molecule has 0 fully saturated rings. The van der Waals surface area contributed by atoms with Gasteiger partial charge in [-0.15, -0.1) is 0 Å². The highest BCUT2D eigenvalue weighted by Gasteiger charge is 2.10. The summed E-state index contributed by atoms with van der Waals surface area (Å²) in [5.74, 6) is -0.110. The van der Waals surface area contributed by atoms with Crippen LogP contribution in [-0.2, 0) is 0 Å². The number of aryl methyl sites for hydroxylation is 1. The second-order valence-corrected chi connectivity index (χ2v) is 3.39. The minimum Gasteiger partial charge on any atom is -0.506 e. The summed E-state index contributed by atoms with van der Waals surface area (Å²) < 4.78 is 0.238. The molecule has 0 aliphatic heterocycles. The largest absolute Gasteiger partial charge is 0.506 e. The number of hydrogen-bond donors (Lipinski definition) is 2. The number of halogens is 2. The second kappa shape index (κ2) is 2.91. The maximum Gasteiger partial charge on any atom is 0.152 e. The summed E-state index contributed by atoms with van der Waals surface area (Å²) in [6.45, 7) is 1.70. The highest BCUT2D eigenvalue weighted by Crippen LogP contribution is 2.40. The second-order valence-electron chi connectivity index (χ2n) is 2.19. The predicted octanol–water partition coefficient (Wildman–Crippen LogP) is 2.82. The number of benzene rings is 1. The molecule has 0 radical (unpaired) electrons. The number of phenols is 2. The van der Waals surface area contributed by atoms with Gasteiger partial charge in [0.25, 0.3) is 0 Å². The van der Waals surface area contributed by atoms with Gasteiger partial charge in [-0.2, -0.15) is 0 Å². The van der Waals surface area contributed by atoms with Crippen LogP contribution in [0.5, 0.6) is 11.5 Å². The summed E-state index contributed by atoms with van der Waals surface area (Å²) in [6, 6.07) is 1.50. The number of hydrogen-bond acceptors (Lipinski definition) is 2. The molecule has 1 rings (SSSR count). The molecule has 60 valence electrons. The van der Waals surface area contributed by atoms with Gasteiger partial charge in [0.15, 0.2) is 5.75 Å². The lowest BCUT2D eigenvalue weighted by molar-refractivity contribution is 0.442. The lowest BCUT2D eigenvalue weighted by atomic mass is 10.2. The lowest BCUT2D eigenvalue weighted by Crippen LogP contribution is -1.78. The predicted molar refractivity (Wildman–Crippen MR) is 47.2 cm³/mol. The van der Waals surface area contributed by atoms with Gasteiger partial charge in [0.05, 0.1) is 5.02 Å². The summed E-state index contributed by atoms with van der Waals surface area (Å²) in [5.41, 5.74) is 0.625. The molecule has 0 amide bonds. The molecular formula is C7H6BrClO2. The number of phenolic OH excluding ortho intramolecular Hbond substituents is 2. The molecule has 0 bridgehead atoms. The molecule has 0 spiro atoms. The Kier molecular flexibility index (Phi) is 2.30. The first-order valence-corrected chi connectivity index (χ1v) is 4.07. The van der Waals surface area contributed by atoms with E-state index in [-0.39, 0.29) is 21.0 Å². The van der Waals surface area contributed by atoms with Crippen LogP contribution >= 0.6 is 27.5 Å². The summed E-state index contributed by atoms with van der Waals surface area (Å²) >= 11 is 8.60. The molecule has 11 heavy (non-hydrogen) atoms. The summed E-state index contributed by atoms with van der Waals surface area (Å²) in [7, 11) is 0. The smallest absolute Gasteiger partial charge is 0.152 e. The highest BCUT2D eigenvalue weighted by molar-refractivity contribution is 9.10. The molecule has 2 N–H and O–H groups in total. The molecule has 1 aromatic carbocycles. The van der Waals surface area contributed by atoms with E-state index in [1.54, 1.807) is 6.92 Å². The molecule has 0 saturated heterocycles.